The van der Waals surface area contributed by atoms with Crippen LogP contribution in [0.2, 0.25) is 0 Å². The lowest BCUT2D eigenvalue weighted by atomic mass is 10.1. The third-order valence-electron chi connectivity index (χ3n) is 4.24. The van der Waals surface area contributed by atoms with E-state index in [1.807, 2.05) is 0 Å². The molecule has 9 heteroatoms. The van der Waals surface area contributed by atoms with Crippen LogP contribution in [0.3, 0.4) is 0 Å². The maximum atomic E-state index is 12.6. The van der Waals surface area contributed by atoms with E-state index in [2.05, 4.69) is 38.2 Å². The van der Waals surface area contributed by atoms with E-state index in [1.165, 1.54) is 36.4 Å². The van der Waals surface area contributed by atoms with E-state index in [4.69, 9.17) is 18.9 Å². The van der Waals surface area contributed by atoms with E-state index < -0.39 is 29.7 Å². The quantitative estimate of drug-likeness (QED) is 0.120. The molecule has 0 N–H and O–H groups in total. The maximum absolute atomic E-state index is 12.6. The van der Waals surface area contributed by atoms with Crippen molar-refractivity contribution in [3.63, 3.8) is 0 Å². The second-order valence-corrected chi connectivity index (χ2v) is 6.74. The fourth-order valence-corrected chi connectivity index (χ4v) is 2.55. The van der Waals surface area contributed by atoms with Gasteiger partial charge in [0.05, 0.1) is 0 Å². The van der Waals surface area contributed by atoms with E-state index in [1.54, 1.807) is 0 Å². The van der Waals surface area contributed by atoms with Gasteiger partial charge in [-0.05, 0) is 30.2 Å². The number of carbonyl (C=O) groups excluding carboxylic acids is 5. The number of esters is 4. The van der Waals surface area contributed by atoms with Crippen molar-refractivity contribution in [1.29, 1.82) is 0 Å². The van der Waals surface area contributed by atoms with Crippen LogP contribution in [-0.2, 0) is 25.6 Å². The first-order chi connectivity index (χ1) is 17.7. The molecule has 0 spiro atoms. The average Bonchev–Trinajstić information content (AvgIpc) is 2.90. The van der Waals surface area contributed by atoms with Gasteiger partial charge in [0, 0.05) is 47.9 Å². The Labute approximate surface area is 212 Å². The number of hydrogen-bond donors (Lipinski definition) is 0. The van der Waals surface area contributed by atoms with Gasteiger partial charge in [0.2, 0.25) is 5.78 Å². The third kappa shape index (κ3) is 8.35. The molecule has 2 aromatic rings. The summed E-state index contributed by atoms with van der Waals surface area (Å²) in [6.45, 7) is 13.2. The van der Waals surface area contributed by atoms with E-state index in [0.29, 0.717) is 5.56 Å². The average molecular weight is 500 g/mol. The van der Waals surface area contributed by atoms with Crippen molar-refractivity contribution in [2.45, 2.75) is 6.42 Å². The molecule has 2 rings (SSSR count). The summed E-state index contributed by atoms with van der Waals surface area (Å²) in [4.78, 5) is 58.9. The highest BCUT2D eigenvalue weighted by atomic mass is 16.6. The minimum Gasteiger partial charge on any atom is -0.423 e. The van der Waals surface area contributed by atoms with Crippen LogP contribution in [0.15, 0.2) is 87.0 Å². The second kappa shape index (κ2) is 13.4. The highest BCUT2D eigenvalue weighted by Gasteiger charge is 2.15. The molecule has 0 fully saturated rings. The van der Waals surface area contributed by atoms with Crippen LogP contribution < -0.4 is 18.9 Å². The van der Waals surface area contributed by atoms with Crippen LogP contribution in [0.5, 0.6) is 23.0 Å². The number of carbonyl (C=O) groups is 5. The van der Waals surface area contributed by atoms with Crippen molar-refractivity contribution in [3.05, 3.63) is 98.1 Å². The molecule has 0 atom stereocenters. The van der Waals surface area contributed by atoms with E-state index in [0.717, 1.165) is 24.3 Å². The molecule has 0 aliphatic rings. The normalized spacial score (nSPS) is 9.41. The summed E-state index contributed by atoms with van der Waals surface area (Å²) in [6.07, 6.45) is 3.72. The van der Waals surface area contributed by atoms with Gasteiger partial charge in [-0.25, -0.2) is 19.2 Å². The summed E-state index contributed by atoms with van der Waals surface area (Å²) in [5, 5.41) is 0. The van der Waals surface area contributed by atoms with Gasteiger partial charge in [0.15, 0.2) is 11.5 Å². The molecule has 186 valence electrons. The summed E-state index contributed by atoms with van der Waals surface area (Å²) in [5.74, 6) is 1.20. The molecule has 0 radical (unpaired) electrons. The second-order valence-electron chi connectivity index (χ2n) is 6.74. The molecular formula is C28H20O9. The van der Waals surface area contributed by atoms with Gasteiger partial charge in [-0.15, -0.1) is 0 Å². The number of ketones is 1. The van der Waals surface area contributed by atoms with E-state index in [-0.39, 0.29) is 35.0 Å². The first kappa shape index (κ1) is 27.8. The van der Waals surface area contributed by atoms with Gasteiger partial charge in [-0.3, -0.25) is 4.79 Å². The van der Waals surface area contributed by atoms with Gasteiger partial charge >= 0.3 is 23.9 Å². The van der Waals surface area contributed by atoms with Crippen molar-refractivity contribution in [2.75, 3.05) is 0 Å². The first-order valence-electron chi connectivity index (χ1n) is 10.4. The Balaban J connectivity index is 2.30. The fraction of sp³-hybridized carbons (Fsp3) is 0.0357. The summed E-state index contributed by atoms with van der Waals surface area (Å²) in [6, 6.07) is 8.04. The van der Waals surface area contributed by atoms with Crippen molar-refractivity contribution >= 4 is 29.7 Å². The number of hydrogen-bond acceptors (Lipinski definition) is 9. The molecule has 0 unspecified atom stereocenters. The lowest BCUT2D eigenvalue weighted by Crippen LogP contribution is -2.09. The standard InChI is InChI=1S/C28H20O9/c1-5-25(30)34-20-14-12-18(23(17-20)36-27(32)7-3)10-9-11-21(29)19-13-15-22(35-26(31)6-2)24(16-19)37-28(33)8-4/h5-8,12-17H,1-4,10H2. The van der Waals surface area contributed by atoms with Crippen molar-refractivity contribution in [3.8, 4) is 34.8 Å². The van der Waals surface area contributed by atoms with Crippen LogP contribution in [0.25, 0.3) is 0 Å². The van der Waals surface area contributed by atoms with Crippen LogP contribution >= 0.6 is 0 Å². The molecule has 0 amide bonds. The molecule has 0 saturated heterocycles. The van der Waals surface area contributed by atoms with Crippen molar-refractivity contribution in [2.24, 2.45) is 0 Å². The molecule has 0 heterocycles. The Hall–Kier alpha value is -5.49. The first-order valence-corrected chi connectivity index (χ1v) is 10.4. The number of benzene rings is 2. The van der Waals surface area contributed by atoms with Gasteiger partial charge < -0.3 is 18.9 Å². The van der Waals surface area contributed by atoms with E-state index in [9.17, 15) is 24.0 Å². The van der Waals surface area contributed by atoms with Gasteiger partial charge in [-0.2, -0.15) is 0 Å². The molecule has 2 aromatic carbocycles. The smallest absolute Gasteiger partial charge is 0.335 e. The van der Waals surface area contributed by atoms with Crippen molar-refractivity contribution < 1.29 is 42.9 Å². The molecular weight excluding hydrogens is 480 g/mol. The lowest BCUT2D eigenvalue weighted by Gasteiger charge is -2.09. The van der Waals surface area contributed by atoms with Crippen LogP contribution in [-0.4, -0.2) is 29.7 Å². The summed E-state index contributed by atoms with van der Waals surface area (Å²) < 4.78 is 20.3. The minimum absolute atomic E-state index is 0.0193. The van der Waals surface area contributed by atoms with Gasteiger partial charge in [0.1, 0.15) is 11.5 Å². The predicted octanol–water partition coefficient (Wildman–Crippen LogP) is 3.48. The SMILES string of the molecule is C=CC(=O)Oc1ccc(CC#CC(=O)c2ccc(OC(=O)C=C)c(OC(=O)C=C)c2)c(OC(=O)C=C)c1. The Morgan fingerprint density at radius 2 is 1.19 bits per heavy atom. The largest absolute Gasteiger partial charge is 0.423 e. The molecule has 0 saturated carbocycles. The third-order valence-corrected chi connectivity index (χ3v) is 4.24. The molecule has 9 nitrogen and oxygen atoms in total. The van der Waals surface area contributed by atoms with E-state index >= 15 is 0 Å². The Kier molecular flexibility index (Phi) is 10.1. The molecule has 0 aliphatic carbocycles. The van der Waals surface area contributed by atoms with Gasteiger partial charge in [-0.1, -0.05) is 38.3 Å². The highest BCUT2D eigenvalue weighted by molar-refractivity contribution is 6.09. The fourth-order valence-electron chi connectivity index (χ4n) is 2.55. The zero-order chi connectivity index (χ0) is 27.4. The topological polar surface area (TPSA) is 122 Å². The zero-order valence-corrected chi connectivity index (χ0v) is 19.5. The van der Waals surface area contributed by atoms with Crippen LogP contribution in [0.4, 0.5) is 0 Å². The van der Waals surface area contributed by atoms with Gasteiger partial charge in [0.25, 0.3) is 0 Å². The lowest BCUT2D eigenvalue weighted by molar-refractivity contribution is -0.131. The highest BCUT2D eigenvalue weighted by Crippen LogP contribution is 2.29. The number of ether oxygens (including phenoxy) is 4. The summed E-state index contributed by atoms with van der Waals surface area (Å²) >= 11 is 0. The molecule has 0 aliphatic heterocycles. The Morgan fingerprint density at radius 1 is 0.649 bits per heavy atom. The predicted molar refractivity (Wildman–Crippen MR) is 132 cm³/mol. The summed E-state index contributed by atoms with van der Waals surface area (Å²) in [5.41, 5.74) is 0.462. The maximum Gasteiger partial charge on any atom is 0.335 e. The molecule has 37 heavy (non-hydrogen) atoms. The number of Topliss-reactive ketones (excluding diaryl/α,β-unsaturated/α-hetero) is 1. The van der Waals surface area contributed by atoms with Crippen LogP contribution in [0, 0.1) is 11.8 Å². The Bertz CT molecular complexity index is 1370. The zero-order valence-electron chi connectivity index (χ0n) is 19.5. The minimum atomic E-state index is -0.838. The number of rotatable bonds is 10. The molecule has 0 bridgehead atoms. The van der Waals surface area contributed by atoms with Crippen molar-refractivity contribution in [1.82, 2.24) is 0 Å². The Morgan fingerprint density at radius 3 is 1.78 bits per heavy atom. The summed E-state index contributed by atoms with van der Waals surface area (Å²) in [7, 11) is 0. The molecule has 0 aromatic heterocycles. The monoisotopic (exact) mass is 500 g/mol. The van der Waals surface area contributed by atoms with Crippen LogP contribution in [0.1, 0.15) is 15.9 Å².